The summed E-state index contributed by atoms with van der Waals surface area (Å²) in [5, 5.41) is 23.5. The maximum Gasteiger partial charge on any atom is 0.293 e. The van der Waals surface area contributed by atoms with Gasteiger partial charge in [-0.1, -0.05) is 24.3 Å². The molecule has 24 heavy (non-hydrogen) atoms. The lowest BCUT2D eigenvalue weighted by Gasteiger charge is -2.11. The number of nitrogens with zero attached hydrogens (tertiary/aromatic N) is 1. The molecular weight excluding hydrogens is 334 g/mol. The zero-order chi connectivity index (χ0) is 17.7. The number of benzene rings is 2. The molecule has 0 aliphatic rings. The SMILES string of the molecule is CNS(=O)(=O)c1ccc(NCc2ccccc2CO)c([N+](=O)[O-])c1. The Balaban J connectivity index is 2.32. The van der Waals surface area contributed by atoms with Crippen LogP contribution in [0.4, 0.5) is 11.4 Å². The first kappa shape index (κ1) is 17.9. The van der Waals surface area contributed by atoms with E-state index in [-0.39, 0.29) is 29.4 Å². The van der Waals surface area contributed by atoms with Crippen LogP contribution in [0.2, 0.25) is 0 Å². The molecule has 3 N–H and O–H groups in total. The van der Waals surface area contributed by atoms with Crippen molar-refractivity contribution in [3.63, 3.8) is 0 Å². The molecular formula is C15H17N3O5S. The van der Waals surface area contributed by atoms with Gasteiger partial charge in [0.2, 0.25) is 10.0 Å². The van der Waals surface area contributed by atoms with Crippen LogP contribution in [0, 0.1) is 10.1 Å². The monoisotopic (exact) mass is 351 g/mol. The summed E-state index contributed by atoms with van der Waals surface area (Å²) in [7, 11) is -2.53. The molecule has 0 fully saturated rings. The maximum atomic E-state index is 11.8. The smallest absolute Gasteiger partial charge is 0.293 e. The van der Waals surface area contributed by atoms with E-state index in [0.717, 1.165) is 11.6 Å². The average molecular weight is 351 g/mol. The molecule has 2 aromatic carbocycles. The molecule has 0 bridgehead atoms. The van der Waals surface area contributed by atoms with Crippen LogP contribution in [-0.4, -0.2) is 25.5 Å². The third kappa shape index (κ3) is 3.88. The number of rotatable bonds is 7. The first-order chi connectivity index (χ1) is 11.4. The lowest BCUT2D eigenvalue weighted by Crippen LogP contribution is -2.18. The van der Waals surface area contributed by atoms with Crippen molar-refractivity contribution in [2.45, 2.75) is 18.0 Å². The topological polar surface area (TPSA) is 122 Å². The van der Waals surface area contributed by atoms with Gasteiger partial charge < -0.3 is 10.4 Å². The second kappa shape index (κ2) is 7.39. The summed E-state index contributed by atoms with van der Waals surface area (Å²) in [4.78, 5) is 10.4. The number of aliphatic hydroxyl groups is 1. The summed E-state index contributed by atoms with van der Waals surface area (Å²) < 4.78 is 25.7. The van der Waals surface area contributed by atoms with E-state index < -0.39 is 14.9 Å². The highest BCUT2D eigenvalue weighted by molar-refractivity contribution is 7.89. The predicted molar refractivity (Wildman–Crippen MR) is 89.0 cm³/mol. The van der Waals surface area contributed by atoms with Crippen molar-refractivity contribution in [2.24, 2.45) is 0 Å². The molecule has 0 atom stereocenters. The lowest BCUT2D eigenvalue weighted by atomic mass is 10.1. The van der Waals surface area contributed by atoms with Crippen LogP contribution in [0.15, 0.2) is 47.4 Å². The van der Waals surface area contributed by atoms with E-state index in [1.807, 2.05) is 0 Å². The Morgan fingerprint density at radius 1 is 1.17 bits per heavy atom. The van der Waals surface area contributed by atoms with Crippen molar-refractivity contribution < 1.29 is 18.4 Å². The summed E-state index contributed by atoms with van der Waals surface area (Å²) in [5.41, 5.74) is 1.36. The van der Waals surface area contributed by atoms with E-state index in [2.05, 4.69) is 10.0 Å². The first-order valence-electron chi connectivity index (χ1n) is 7.02. The van der Waals surface area contributed by atoms with Crippen molar-refractivity contribution in [1.82, 2.24) is 4.72 Å². The highest BCUT2D eigenvalue weighted by Gasteiger charge is 2.20. The van der Waals surface area contributed by atoms with Crippen LogP contribution >= 0.6 is 0 Å². The third-order valence-electron chi connectivity index (χ3n) is 3.50. The van der Waals surface area contributed by atoms with E-state index in [1.165, 1.54) is 19.2 Å². The predicted octanol–water partition coefficient (Wildman–Crippen LogP) is 1.61. The molecule has 0 aromatic heterocycles. The third-order valence-corrected chi connectivity index (χ3v) is 4.91. The van der Waals surface area contributed by atoms with E-state index in [9.17, 15) is 23.6 Å². The van der Waals surface area contributed by atoms with Crippen LogP contribution in [0.3, 0.4) is 0 Å². The number of nitro groups is 1. The standard InChI is InChI=1S/C15H17N3O5S/c1-16-24(22,23)13-6-7-14(15(8-13)18(20)21)17-9-11-4-2-3-5-12(11)10-19/h2-8,16-17,19H,9-10H2,1H3. The van der Waals surface area contributed by atoms with Crippen molar-refractivity contribution in [1.29, 1.82) is 0 Å². The van der Waals surface area contributed by atoms with Gasteiger partial charge in [0.25, 0.3) is 5.69 Å². The summed E-state index contributed by atoms with van der Waals surface area (Å²) in [6.07, 6.45) is 0. The summed E-state index contributed by atoms with van der Waals surface area (Å²) >= 11 is 0. The minimum absolute atomic E-state index is 0.140. The normalized spacial score (nSPS) is 11.2. The Labute approximate surface area is 139 Å². The van der Waals surface area contributed by atoms with Gasteiger partial charge in [0.1, 0.15) is 5.69 Å². The zero-order valence-corrected chi connectivity index (χ0v) is 13.7. The van der Waals surface area contributed by atoms with E-state index in [4.69, 9.17) is 0 Å². The maximum absolute atomic E-state index is 11.8. The number of nitro benzene ring substituents is 1. The molecule has 0 spiro atoms. The van der Waals surface area contributed by atoms with Crippen molar-refractivity contribution in [2.75, 3.05) is 12.4 Å². The fourth-order valence-electron chi connectivity index (χ4n) is 2.17. The minimum Gasteiger partial charge on any atom is -0.392 e. The average Bonchev–Trinajstić information content (AvgIpc) is 2.59. The molecule has 0 saturated carbocycles. The van der Waals surface area contributed by atoms with Crippen molar-refractivity contribution in [3.8, 4) is 0 Å². The molecule has 0 heterocycles. The summed E-state index contributed by atoms with van der Waals surface area (Å²) in [6.45, 7) is 0.120. The number of nitrogens with one attached hydrogen (secondary N) is 2. The molecule has 0 unspecified atom stereocenters. The Morgan fingerprint density at radius 2 is 1.83 bits per heavy atom. The molecule has 0 aliphatic carbocycles. The van der Waals surface area contributed by atoms with Gasteiger partial charge in [0.15, 0.2) is 0 Å². The van der Waals surface area contributed by atoms with Crippen LogP contribution in [-0.2, 0) is 23.2 Å². The Bertz CT molecular complexity index is 852. The number of hydrogen-bond donors (Lipinski definition) is 3. The molecule has 8 nitrogen and oxygen atoms in total. The molecule has 128 valence electrons. The van der Waals surface area contributed by atoms with Crippen LogP contribution in [0.25, 0.3) is 0 Å². The molecule has 0 aliphatic heterocycles. The van der Waals surface area contributed by atoms with Gasteiger partial charge in [-0.05, 0) is 30.3 Å². The number of anilines is 1. The number of hydrogen-bond acceptors (Lipinski definition) is 6. The van der Waals surface area contributed by atoms with Gasteiger partial charge in [0.05, 0.1) is 16.4 Å². The fourth-order valence-corrected chi connectivity index (χ4v) is 2.92. The van der Waals surface area contributed by atoms with Gasteiger partial charge in [0, 0.05) is 12.6 Å². The van der Waals surface area contributed by atoms with E-state index in [1.54, 1.807) is 24.3 Å². The molecule has 0 amide bonds. The molecule has 0 radical (unpaired) electrons. The Hall–Kier alpha value is -2.49. The Morgan fingerprint density at radius 3 is 2.42 bits per heavy atom. The second-order valence-corrected chi connectivity index (χ2v) is 6.81. The van der Waals surface area contributed by atoms with Gasteiger partial charge in [-0.2, -0.15) is 0 Å². The van der Waals surface area contributed by atoms with Gasteiger partial charge in [-0.15, -0.1) is 0 Å². The van der Waals surface area contributed by atoms with Gasteiger partial charge >= 0.3 is 0 Å². The van der Waals surface area contributed by atoms with Crippen LogP contribution in [0.5, 0.6) is 0 Å². The van der Waals surface area contributed by atoms with E-state index in [0.29, 0.717) is 5.56 Å². The quantitative estimate of drug-likeness (QED) is 0.515. The second-order valence-electron chi connectivity index (χ2n) is 4.92. The highest BCUT2D eigenvalue weighted by Crippen LogP contribution is 2.28. The summed E-state index contributed by atoms with van der Waals surface area (Å²) in [5.74, 6) is 0. The number of sulfonamides is 1. The Kier molecular flexibility index (Phi) is 5.50. The van der Waals surface area contributed by atoms with Crippen molar-refractivity contribution in [3.05, 3.63) is 63.7 Å². The minimum atomic E-state index is -3.76. The van der Waals surface area contributed by atoms with Gasteiger partial charge in [-0.25, -0.2) is 13.1 Å². The van der Waals surface area contributed by atoms with Crippen LogP contribution in [0.1, 0.15) is 11.1 Å². The van der Waals surface area contributed by atoms with Crippen LogP contribution < -0.4 is 10.0 Å². The molecule has 2 aromatic rings. The molecule has 9 heteroatoms. The molecule has 2 rings (SSSR count). The summed E-state index contributed by atoms with van der Waals surface area (Å²) in [6, 6.07) is 10.8. The van der Waals surface area contributed by atoms with Crippen molar-refractivity contribution >= 4 is 21.4 Å². The van der Waals surface area contributed by atoms with Gasteiger partial charge in [-0.3, -0.25) is 10.1 Å². The fraction of sp³-hybridized carbons (Fsp3) is 0.200. The van der Waals surface area contributed by atoms with E-state index >= 15 is 0 Å². The largest absolute Gasteiger partial charge is 0.392 e. The zero-order valence-electron chi connectivity index (χ0n) is 12.9. The molecule has 0 saturated heterocycles. The first-order valence-corrected chi connectivity index (χ1v) is 8.51. The lowest BCUT2D eigenvalue weighted by molar-refractivity contribution is -0.384. The highest BCUT2D eigenvalue weighted by atomic mass is 32.2. The number of aliphatic hydroxyl groups excluding tert-OH is 1.